The van der Waals surface area contributed by atoms with E-state index in [2.05, 4.69) is 4.37 Å². The van der Waals surface area contributed by atoms with Gasteiger partial charge < -0.3 is 9.84 Å². The number of carbonyl (C=O) groups is 1. The zero-order valence-corrected chi connectivity index (χ0v) is 17.7. The average molecular weight is 434 g/mol. The second kappa shape index (κ2) is 9.37. The maximum Gasteiger partial charge on any atom is 0.303 e. The van der Waals surface area contributed by atoms with Crippen molar-refractivity contribution in [1.29, 1.82) is 0 Å². The molecule has 1 heterocycles. The SMILES string of the molecule is Cc1ccc(-c2snc(Cl)c2COc2ccc(CCC(=O)O)c(C(C)F)c2)cc1. The van der Waals surface area contributed by atoms with Crippen molar-refractivity contribution in [3.05, 3.63) is 69.9 Å². The van der Waals surface area contributed by atoms with Crippen molar-refractivity contribution in [1.82, 2.24) is 4.37 Å². The molecule has 7 heteroatoms. The van der Waals surface area contributed by atoms with Crippen LogP contribution in [-0.2, 0) is 17.8 Å². The van der Waals surface area contributed by atoms with Crippen molar-refractivity contribution in [3.63, 3.8) is 0 Å². The van der Waals surface area contributed by atoms with Crippen molar-refractivity contribution in [2.75, 3.05) is 0 Å². The van der Waals surface area contributed by atoms with Gasteiger partial charge in [-0.05, 0) is 60.6 Å². The highest BCUT2D eigenvalue weighted by atomic mass is 35.5. The Morgan fingerprint density at radius 2 is 2.00 bits per heavy atom. The lowest BCUT2D eigenvalue weighted by Crippen LogP contribution is -2.03. The molecular formula is C22H21ClFNO3S. The Balaban J connectivity index is 1.80. The van der Waals surface area contributed by atoms with Crippen LogP contribution in [0.3, 0.4) is 0 Å². The fourth-order valence-corrected chi connectivity index (χ4v) is 4.10. The highest BCUT2D eigenvalue weighted by Crippen LogP contribution is 2.34. The summed E-state index contributed by atoms with van der Waals surface area (Å²) in [7, 11) is 0. The third-order valence-electron chi connectivity index (χ3n) is 4.59. The van der Waals surface area contributed by atoms with Gasteiger partial charge in [0.2, 0.25) is 0 Å². The molecule has 1 N–H and O–H groups in total. The summed E-state index contributed by atoms with van der Waals surface area (Å²) in [6.07, 6.45) is -0.996. The highest BCUT2D eigenvalue weighted by Gasteiger charge is 2.16. The van der Waals surface area contributed by atoms with Crippen LogP contribution >= 0.6 is 23.1 Å². The van der Waals surface area contributed by atoms with Gasteiger partial charge in [-0.15, -0.1) is 0 Å². The average Bonchev–Trinajstić information content (AvgIpc) is 3.06. The number of halogens is 2. The molecule has 0 aliphatic carbocycles. The number of aromatic nitrogens is 1. The lowest BCUT2D eigenvalue weighted by atomic mass is 9.99. The van der Waals surface area contributed by atoms with E-state index in [9.17, 15) is 9.18 Å². The molecule has 2 aromatic carbocycles. The van der Waals surface area contributed by atoms with Gasteiger partial charge in [0.25, 0.3) is 0 Å². The van der Waals surface area contributed by atoms with Crippen molar-refractivity contribution in [2.45, 2.75) is 39.5 Å². The first-order chi connectivity index (χ1) is 13.8. The number of hydrogen-bond acceptors (Lipinski definition) is 4. The lowest BCUT2D eigenvalue weighted by Gasteiger charge is -2.13. The van der Waals surface area contributed by atoms with Gasteiger partial charge in [-0.2, -0.15) is 4.37 Å². The maximum absolute atomic E-state index is 14.1. The number of alkyl halides is 1. The van der Waals surface area contributed by atoms with Crippen LogP contribution in [0.4, 0.5) is 4.39 Å². The molecule has 0 aliphatic rings. The second-order valence-electron chi connectivity index (χ2n) is 6.81. The highest BCUT2D eigenvalue weighted by molar-refractivity contribution is 7.10. The fourth-order valence-electron chi connectivity index (χ4n) is 3.00. The molecule has 3 aromatic rings. The third-order valence-corrected chi connectivity index (χ3v) is 5.94. The summed E-state index contributed by atoms with van der Waals surface area (Å²) in [6.45, 7) is 3.66. The molecule has 0 radical (unpaired) electrons. The molecule has 3 rings (SSSR count). The molecule has 0 amide bonds. The standard InChI is InChI=1S/C22H21ClFNO3S/c1-13-3-5-16(6-4-13)21-19(22(23)25-29-21)12-28-17-9-7-15(8-10-20(26)27)18(11-17)14(2)24/h3-7,9,11,14H,8,10,12H2,1-2H3,(H,26,27). The van der Waals surface area contributed by atoms with Gasteiger partial charge in [-0.1, -0.05) is 47.5 Å². The van der Waals surface area contributed by atoms with Gasteiger partial charge >= 0.3 is 5.97 Å². The number of ether oxygens (including phenoxy) is 1. The number of nitrogens with zero attached hydrogens (tertiary/aromatic N) is 1. The predicted molar refractivity (Wildman–Crippen MR) is 114 cm³/mol. The van der Waals surface area contributed by atoms with Gasteiger partial charge in [0.05, 0.1) is 4.88 Å². The number of aliphatic carboxylic acids is 1. The van der Waals surface area contributed by atoms with Crippen LogP contribution in [0.25, 0.3) is 10.4 Å². The number of aryl methyl sites for hydroxylation is 2. The Morgan fingerprint density at radius 1 is 1.28 bits per heavy atom. The Morgan fingerprint density at radius 3 is 2.66 bits per heavy atom. The lowest BCUT2D eigenvalue weighted by molar-refractivity contribution is -0.136. The van der Waals surface area contributed by atoms with E-state index in [1.54, 1.807) is 18.2 Å². The Kier molecular flexibility index (Phi) is 6.87. The zero-order chi connectivity index (χ0) is 21.0. The molecule has 152 valence electrons. The largest absolute Gasteiger partial charge is 0.489 e. The molecule has 0 fully saturated rings. The molecule has 0 saturated carbocycles. The van der Waals surface area contributed by atoms with Crippen LogP contribution in [0.15, 0.2) is 42.5 Å². The van der Waals surface area contributed by atoms with Gasteiger partial charge in [0, 0.05) is 12.0 Å². The minimum atomic E-state index is -1.23. The molecule has 0 spiro atoms. The third kappa shape index (κ3) is 5.34. The van der Waals surface area contributed by atoms with E-state index in [0.717, 1.165) is 21.6 Å². The summed E-state index contributed by atoms with van der Waals surface area (Å²) in [6, 6.07) is 13.2. The molecule has 1 atom stereocenters. The maximum atomic E-state index is 14.1. The van der Waals surface area contributed by atoms with Crippen molar-refractivity contribution in [3.8, 4) is 16.2 Å². The summed E-state index contributed by atoms with van der Waals surface area (Å²) in [5.41, 5.74) is 4.08. The Labute approximate surface area is 178 Å². The van der Waals surface area contributed by atoms with Crippen LogP contribution < -0.4 is 4.74 Å². The van der Waals surface area contributed by atoms with E-state index in [-0.39, 0.29) is 19.4 Å². The first kappa shape index (κ1) is 21.3. The molecule has 29 heavy (non-hydrogen) atoms. The second-order valence-corrected chi connectivity index (χ2v) is 7.94. The summed E-state index contributed by atoms with van der Waals surface area (Å²) >= 11 is 7.59. The zero-order valence-electron chi connectivity index (χ0n) is 16.1. The van der Waals surface area contributed by atoms with Crippen LogP contribution in [0.5, 0.6) is 5.75 Å². The quantitative estimate of drug-likeness (QED) is 0.446. The molecule has 0 aliphatic heterocycles. The first-order valence-corrected chi connectivity index (χ1v) is 10.3. The molecule has 1 aromatic heterocycles. The fraction of sp³-hybridized carbons (Fsp3) is 0.273. The van der Waals surface area contributed by atoms with Gasteiger partial charge in [0.15, 0.2) is 0 Å². The van der Waals surface area contributed by atoms with E-state index in [1.807, 2.05) is 31.2 Å². The van der Waals surface area contributed by atoms with Crippen LogP contribution in [-0.4, -0.2) is 15.4 Å². The van der Waals surface area contributed by atoms with Crippen molar-refractivity contribution in [2.24, 2.45) is 0 Å². The smallest absolute Gasteiger partial charge is 0.303 e. The molecule has 4 nitrogen and oxygen atoms in total. The van der Waals surface area contributed by atoms with E-state index in [4.69, 9.17) is 21.4 Å². The number of hydrogen-bond donors (Lipinski definition) is 1. The number of carboxylic acids is 1. The number of benzene rings is 2. The van der Waals surface area contributed by atoms with Gasteiger partial charge in [-0.3, -0.25) is 4.79 Å². The van der Waals surface area contributed by atoms with E-state index in [0.29, 0.717) is 22.0 Å². The van der Waals surface area contributed by atoms with Gasteiger partial charge in [-0.25, -0.2) is 4.39 Å². The first-order valence-electron chi connectivity index (χ1n) is 9.17. The molecular weight excluding hydrogens is 413 g/mol. The molecule has 0 saturated heterocycles. The summed E-state index contributed by atoms with van der Waals surface area (Å²) in [4.78, 5) is 11.8. The topological polar surface area (TPSA) is 59.4 Å². The van der Waals surface area contributed by atoms with E-state index in [1.165, 1.54) is 18.5 Å². The summed E-state index contributed by atoms with van der Waals surface area (Å²) in [5.74, 6) is -0.410. The Bertz CT molecular complexity index is 1000. The van der Waals surface area contributed by atoms with Gasteiger partial charge in [0.1, 0.15) is 23.7 Å². The summed E-state index contributed by atoms with van der Waals surface area (Å²) < 4.78 is 24.2. The molecule has 1 unspecified atom stereocenters. The number of rotatable bonds is 8. The van der Waals surface area contributed by atoms with Crippen molar-refractivity contribution >= 4 is 29.1 Å². The van der Waals surface area contributed by atoms with Crippen molar-refractivity contribution < 1.29 is 19.0 Å². The van der Waals surface area contributed by atoms with E-state index >= 15 is 0 Å². The molecule has 0 bridgehead atoms. The normalized spacial score (nSPS) is 12.0. The minimum absolute atomic E-state index is 0.0456. The monoisotopic (exact) mass is 433 g/mol. The Hall–Kier alpha value is -2.44. The van der Waals surface area contributed by atoms with Crippen LogP contribution in [0.1, 0.15) is 41.8 Å². The minimum Gasteiger partial charge on any atom is -0.489 e. The van der Waals surface area contributed by atoms with E-state index < -0.39 is 12.1 Å². The summed E-state index contributed by atoms with van der Waals surface area (Å²) in [5, 5.41) is 9.27. The number of carboxylic acid groups (broad SMARTS) is 1. The predicted octanol–water partition coefficient (Wildman–Crippen LogP) is 6.40. The van der Waals surface area contributed by atoms with Crippen LogP contribution in [0, 0.1) is 6.92 Å². The van der Waals surface area contributed by atoms with Crippen LogP contribution in [0.2, 0.25) is 5.15 Å².